The molecule has 0 aromatic heterocycles. The van der Waals surface area contributed by atoms with Gasteiger partial charge in [-0.3, -0.25) is 9.59 Å². The van der Waals surface area contributed by atoms with Crippen LogP contribution < -0.4 is 15.8 Å². The van der Waals surface area contributed by atoms with Gasteiger partial charge >= 0.3 is 5.97 Å². The first-order valence-electron chi connectivity index (χ1n) is 5.58. The molecule has 0 radical (unpaired) electrons. The van der Waals surface area contributed by atoms with Crippen LogP contribution in [0.15, 0.2) is 24.3 Å². The molecule has 0 aliphatic rings. The van der Waals surface area contributed by atoms with Crippen molar-refractivity contribution in [3.05, 3.63) is 24.3 Å². The number of nitrogens with one attached hydrogen (secondary N) is 1. The molecule has 2 amide bonds. The van der Waals surface area contributed by atoms with Crippen molar-refractivity contribution in [3.8, 4) is 5.75 Å². The monoisotopic (exact) mass is 282 g/mol. The molecule has 108 valence electrons. The van der Waals surface area contributed by atoms with Gasteiger partial charge in [0, 0.05) is 5.69 Å². The van der Waals surface area contributed by atoms with Gasteiger partial charge in [0.2, 0.25) is 5.91 Å². The van der Waals surface area contributed by atoms with E-state index in [2.05, 4.69) is 10.1 Å². The largest absolute Gasteiger partial charge is 0.484 e. The van der Waals surface area contributed by atoms with E-state index in [1.54, 1.807) is 24.3 Å². The molecule has 0 unspecified atom stereocenters. The average molecular weight is 282 g/mol. The van der Waals surface area contributed by atoms with Gasteiger partial charge in [0.05, 0.1) is 0 Å². The second-order valence-corrected chi connectivity index (χ2v) is 3.71. The van der Waals surface area contributed by atoms with Gasteiger partial charge < -0.3 is 25.6 Å². The van der Waals surface area contributed by atoms with Crippen LogP contribution in [-0.4, -0.2) is 42.7 Å². The highest BCUT2D eigenvalue weighted by Crippen LogP contribution is 2.15. The SMILES string of the molecule is NC(=O)COc1ccc(NC(=O)COCC(=O)O)cc1. The topological polar surface area (TPSA) is 128 Å². The van der Waals surface area contributed by atoms with Gasteiger partial charge in [0.1, 0.15) is 19.0 Å². The molecule has 0 saturated carbocycles. The zero-order valence-corrected chi connectivity index (χ0v) is 10.5. The Morgan fingerprint density at radius 3 is 2.30 bits per heavy atom. The van der Waals surface area contributed by atoms with Gasteiger partial charge in [-0.2, -0.15) is 0 Å². The Kier molecular flexibility index (Phi) is 5.98. The predicted octanol–water partition coefficient (Wildman–Crippen LogP) is -0.410. The molecule has 0 atom stereocenters. The van der Waals surface area contributed by atoms with Crippen LogP contribution in [0, 0.1) is 0 Å². The summed E-state index contributed by atoms with van der Waals surface area (Å²) in [6.07, 6.45) is 0. The van der Waals surface area contributed by atoms with E-state index in [9.17, 15) is 14.4 Å². The van der Waals surface area contributed by atoms with E-state index in [-0.39, 0.29) is 13.2 Å². The first-order chi connectivity index (χ1) is 9.47. The van der Waals surface area contributed by atoms with Crippen molar-refractivity contribution in [2.45, 2.75) is 0 Å². The third kappa shape index (κ3) is 6.36. The van der Waals surface area contributed by atoms with Crippen molar-refractivity contribution in [2.24, 2.45) is 5.73 Å². The van der Waals surface area contributed by atoms with Crippen LogP contribution in [0.5, 0.6) is 5.75 Å². The minimum atomic E-state index is -1.14. The van der Waals surface area contributed by atoms with Crippen LogP contribution in [-0.2, 0) is 19.1 Å². The zero-order chi connectivity index (χ0) is 15.0. The summed E-state index contributed by atoms with van der Waals surface area (Å²) in [5.74, 6) is -1.77. The molecular formula is C12H14N2O6. The summed E-state index contributed by atoms with van der Waals surface area (Å²) in [6.45, 7) is -1.12. The Morgan fingerprint density at radius 2 is 1.75 bits per heavy atom. The van der Waals surface area contributed by atoms with E-state index >= 15 is 0 Å². The molecule has 0 heterocycles. The van der Waals surface area contributed by atoms with Gasteiger partial charge in [-0.1, -0.05) is 0 Å². The molecule has 0 aliphatic carbocycles. The number of benzene rings is 1. The maximum absolute atomic E-state index is 11.4. The summed E-state index contributed by atoms with van der Waals surface area (Å²) in [4.78, 5) is 32.1. The summed E-state index contributed by atoms with van der Waals surface area (Å²) in [5, 5.41) is 10.8. The zero-order valence-electron chi connectivity index (χ0n) is 10.5. The number of hydrogen-bond acceptors (Lipinski definition) is 5. The number of carbonyl (C=O) groups excluding carboxylic acids is 2. The van der Waals surface area contributed by atoms with Crippen molar-refractivity contribution in [3.63, 3.8) is 0 Å². The second-order valence-electron chi connectivity index (χ2n) is 3.71. The lowest BCUT2D eigenvalue weighted by atomic mass is 10.3. The number of amides is 2. The molecule has 8 heteroatoms. The smallest absolute Gasteiger partial charge is 0.329 e. The lowest BCUT2D eigenvalue weighted by Gasteiger charge is -2.07. The second kappa shape index (κ2) is 7.74. The predicted molar refractivity (Wildman–Crippen MR) is 68.2 cm³/mol. The van der Waals surface area contributed by atoms with Gasteiger partial charge in [0.15, 0.2) is 6.61 Å². The molecule has 8 nitrogen and oxygen atoms in total. The number of hydrogen-bond donors (Lipinski definition) is 3. The summed E-state index contributed by atoms with van der Waals surface area (Å²) < 4.78 is 9.67. The highest BCUT2D eigenvalue weighted by atomic mass is 16.5. The highest BCUT2D eigenvalue weighted by molar-refractivity contribution is 5.91. The lowest BCUT2D eigenvalue weighted by Crippen LogP contribution is -2.21. The van der Waals surface area contributed by atoms with E-state index in [1.807, 2.05) is 0 Å². The first kappa shape index (κ1) is 15.4. The normalized spacial score (nSPS) is 9.80. The standard InChI is InChI=1S/C12H14N2O6/c13-10(15)5-20-9-3-1-8(2-4-9)14-11(16)6-19-7-12(17)18/h1-4H,5-7H2,(H2,13,15)(H,14,16)(H,17,18). The number of ether oxygens (including phenoxy) is 2. The van der Waals surface area contributed by atoms with Crippen molar-refractivity contribution in [2.75, 3.05) is 25.1 Å². The van der Waals surface area contributed by atoms with E-state index < -0.39 is 24.4 Å². The van der Waals surface area contributed by atoms with Gasteiger partial charge in [0.25, 0.3) is 5.91 Å². The number of rotatable bonds is 8. The summed E-state index contributed by atoms with van der Waals surface area (Å²) in [5.41, 5.74) is 5.41. The fraction of sp³-hybridized carbons (Fsp3) is 0.250. The van der Waals surface area contributed by atoms with Crippen LogP contribution in [0.1, 0.15) is 0 Å². The Hall–Kier alpha value is -2.61. The number of carboxylic acids is 1. The number of carbonyl (C=O) groups is 3. The van der Waals surface area contributed by atoms with Crippen molar-refractivity contribution < 1.29 is 29.0 Å². The van der Waals surface area contributed by atoms with Crippen LogP contribution in [0.3, 0.4) is 0 Å². The maximum atomic E-state index is 11.4. The number of primary amides is 1. The Morgan fingerprint density at radius 1 is 1.10 bits per heavy atom. The third-order valence-electron chi connectivity index (χ3n) is 1.98. The number of nitrogens with two attached hydrogens (primary N) is 1. The molecular weight excluding hydrogens is 268 g/mol. The fourth-order valence-electron chi connectivity index (χ4n) is 1.22. The minimum Gasteiger partial charge on any atom is -0.484 e. The van der Waals surface area contributed by atoms with Crippen molar-refractivity contribution in [1.29, 1.82) is 0 Å². The quantitative estimate of drug-likeness (QED) is 0.594. The Labute approximate surface area is 114 Å². The van der Waals surface area contributed by atoms with Gasteiger partial charge in [-0.05, 0) is 24.3 Å². The van der Waals surface area contributed by atoms with Crippen LogP contribution in [0.4, 0.5) is 5.69 Å². The molecule has 1 aromatic carbocycles. The average Bonchev–Trinajstić information content (AvgIpc) is 2.37. The molecule has 4 N–H and O–H groups in total. The molecule has 0 aliphatic heterocycles. The van der Waals surface area contributed by atoms with Crippen molar-refractivity contribution >= 4 is 23.5 Å². The first-order valence-corrected chi connectivity index (χ1v) is 5.58. The fourth-order valence-corrected chi connectivity index (χ4v) is 1.22. The molecule has 0 saturated heterocycles. The summed E-state index contributed by atoms with van der Waals surface area (Å²) >= 11 is 0. The number of anilines is 1. The number of carboxylic acid groups (broad SMARTS) is 1. The molecule has 20 heavy (non-hydrogen) atoms. The molecule has 1 rings (SSSR count). The van der Waals surface area contributed by atoms with E-state index in [0.717, 1.165) is 0 Å². The Bertz CT molecular complexity index is 485. The minimum absolute atomic E-state index is 0.227. The van der Waals surface area contributed by atoms with E-state index in [4.69, 9.17) is 15.6 Å². The molecule has 0 spiro atoms. The Balaban J connectivity index is 2.38. The lowest BCUT2D eigenvalue weighted by molar-refractivity contribution is -0.143. The van der Waals surface area contributed by atoms with Crippen molar-refractivity contribution in [1.82, 2.24) is 0 Å². The van der Waals surface area contributed by atoms with Crippen LogP contribution in [0.25, 0.3) is 0 Å². The molecule has 0 fully saturated rings. The van der Waals surface area contributed by atoms with E-state index in [1.165, 1.54) is 0 Å². The van der Waals surface area contributed by atoms with E-state index in [0.29, 0.717) is 11.4 Å². The third-order valence-corrected chi connectivity index (χ3v) is 1.98. The molecule has 1 aromatic rings. The number of aliphatic carboxylic acids is 1. The summed E-state index contributed by atoms with van der Waals surface area (Å²) in [6, 6.07) is 6.23. The summed E-state index contributed by atoms with van der Waals surface area (Å²) in [7, 11) is 0. The van der Waals surface area contributed by atoms with Gasteiger partial charge in [-0.15, -0.1) is 0 Å². The highest BCUT2D eigenvalue weighted by Gasteiger charge is 2.05. The molecule has 0 bridgehead atoms. The van der Waals surface area contributed by atoms with Crippen LogP contribution >= 0.6 is 0 Å². The van der Waals surface area contributed by atoms with Crippen LogP contribution in [0.2, 0.25) is 0 Å². The van der Waals surface area contributed by atoms with Gasteiger partial charge in [-0.25, -0.2) is 4.79 Å². The maximum Gasteiger partial charge on any atom is 0.329 e.